The van der Waals surface area contributed by atoms with E-state index in [9.17, 15) is 9.18 Å². The molecule has 2 saturated heterocycles. The Hall–Kier alpha value is -1.79. The van der Waals surface area contributed by atoms with E-state index in [0.717, 1.165) is 68.9 Å². The molecule has 1 unspecified atom stereocenters. The number of pyridine rings is 1. The van der Waals surface area contributed by atoms with E-state index in [4.69, 9.17) is 0 Å². The van der Waals surface area contributed by atoms with E-state index in [1.54, 1.807) is 6.07 Å². The van der Waals surface area contributed by atoms with Gasteiger partial charge in [0.05, 0.1) is 0 Å². The summed E-state index contributed by atoms with van der Waals surface area (Å²) in [6, 6.07) is 7.74. The van der Waals surface area contributed by atoms with Crippen molar-refractivity contribution in [3.63, 3.8) is 0 Å². The summed E-state index contributed by atoms with van der Waals surface area (Å²) >= 11 is 1.25. The minimum Gasteiger partial charge on any atom is -0.342 e. The molecule has 2 aliphatic heterocycles. The Balaban J connectivity index is 1.53. The van der Waals surface area contributed by atoms with E-state index >= 15 is 0 Å². The maximum atomic E-state index is 13.5. The highest BCUT2D eigenvalue weighted by atomic mass is 32.1. The highest BCUT2D eigenvalue weighted by Crippen LogP contribution is 2.42. The number of thiophene rings is 1. The first kappa shape index (κ1) is 22.4. The van der Waals surface area contributed by atoms with Gasteiger partial charge in [0, 0.05) is 53.8 Å². The number of halogens is 1. The number of piperidine rings is 1. The molecule has 1 atom stereocenters. The van der Waals surface area contributed by atoms with Gasteiger partial charge in [0.15, 0.2) is 5.13 Å². The summed E-state index contributed by atoms with van der Waals surface area (Å²) in [7, 11) is 0. The van der Waals surface area contributed by atoms with Crippen molar-refractivity contribution in [1.82, 2.24) is 14.8 Å². The second-order valence-electron chi connectivity index (χ2n) is 9.90. The fourth-order valence-corrected chi connectivity index (χ4v) is 5.87. The molecule has 2 aromatic heterocycles. The zero-order chi connectivity index (χ0) is 22.1. The summed E-state index contributed by atoms with van der Waals surface area (Å²) in [6.45, 7) is 10.2. The smallest absolute Gasteiger partial charge is 0.222 e. The quantitative estimate of drug-likeness (QED) is 0.593. The van der Waals surface area contributed by atoms with Crippen molar-refractivity contribution in [3.8, 4) is 0 Å². The Morgan fingerprint density at radius 3 is 2.71 bits per heavy atom. The molecular weight excluding hydrogens is 409 g/mol. The van der Waals surface area contributed by atoms with Gasteiger partial charge in [0.25, 0.3) is 0 Å². The van der Waals surface area contributed by atoms with Crippen LogP contribution in [0.15, 0.2) is 30.5 Å². The van der Waals surface area contributed by atoms with Gasteiger partial charge in [-0.25, -0.2) is 0 Å². The average Bonchev–Trinajstić information content (AvgIpc) is 3.36. The zero-order valence-electron chi connectivity index (χ0n) is 19.0. The molecule has 0 aliphatic carbocycles. The zero-order valence-corrected chi connectivity index (χ0v) is 19.8. The molecule has 6 heteroatoms. The second kappa shape index (κ2) is 8.99. The first-order chi connectivity index (χ1) is 14.8. The van der Waals surface area contributed by atoms with Crippen LogP contribution in [0.2, 0.25) is 0 Å². The van der Waals surface area contributed by atoms with E-state index in [0.29, 0.717) is 12.3 Å². The largest absolute Gasteiger partial charge is 0.342 e. The van der Waals surface area contributed by atoms with Gasteiger partial charge in [-0.3, -0.25) is 14.7 Å². The van der Waals surface area contributed by atoms with Gasteiger partial charge in [-0.05, 0) is 83.2 Å². The molecule has 2 aliphatic rings. The molecule has 0 radical (unpaired) electrons. The molecule has 4 rings (SSSR count). The summed E-state index contributed by atoms with van der Waals surface area (Å²) in [5.74, 6) is 0.299. The molecule has 4 heterocycles. The highest BCUT2D eigenvalue weighted by Gasteiger charge is 2.45. The first-order valence-corrected chi connectivity index (χ1v) is 12.3. The number of aromatic nitrogens is 1. The van der Waals surface area contributed by atoms with Crippen LogP contribution in [0.3, 0.4) is 0 Å². The van der Waals surface area contributed by atoms with Crippen molar-refractivity contribution >= 4 is 17.2 Å². The van der Waals surface area contributed by atoms with Crippen LogP contribution in [0.5, 0.6) is 0 Å². The average molecular weight is 444 g/mol. The maximum absolute atomic E-state index is 13.5. The summed E-state index contributed by atoms with van der Waals surface area (Å²) in [5.41, 5.74) is 2.18. The predicted octanol–water partition coefficient (Wildman–Crippen LogP) is 5.16. The molecule has 2 fully saturated rings. The lowest BCUT2D eigenvalue weighted by atomic mass is 9.80. The van der Waals surface area contributed by atoms with Crippen LogP contribution >= 0.6 is 11.3 Å². The molecule has 0 aromatic carbocycles. The molecule has 168 valence electrons. The number of carbonyl (C=O) groups is 1. The Kier molecular flexibility index (Phi) is 6.50. The van der Waals surface area contributed by atoms with Gasteiger partial charge in [-0.15, -0.1) is 11.3 Å². The van der Waals surface area contributed by atoms with E-state index in [1.807, 2.05) is 19.2 Å². The topological polar surface area (TPSA) is 36.4 Å². The lowest BCUT2D eigenvalue weighted by Gasteiger charge is -2.40. The Morgan fingerprint density at radius 2 is 2.03 bits per heavy atom. The van der Waals surface area contributed by atoms with Crippen LogP contribution in [0.4, 0.5) is 4.39 Å². The van der Waals surface area contributed by atoms with Crippen LogP contribution in [0.1, 0.15) is 62.1 Å². The van der Waals surface area contributed by atoms with Gasteiger partial charge in [0.1, 0.15) is 0 Å². The van der Waals surface area contributed by atoms with Gasteiger partial charge in [-0.1, -0.05) is 6.07 Å². The molecule has 2 aromatic rings. The third kappa shape index (κ3) is 5.01. The Bertz CT molecular complexity index is 910. The molecule has 0 bridgehead atoms. The maximum Gasteiger partial charge on any atom is 0.222 e. The normalized spacial score (nSPS) is 23.0. The fraction of sp³-hybridized carbons (Fsp3) is 0.600. The third-order valence-electron chi connectivity index (χ3n) is 7.32. The lowest BCUT2D eigenvalue weighted by molar-refractivity contribution is -0.135. The summed E-state index contributed by atoms with van der Waals surface area (Å²) in [4.78, 5) is 22.9. The van der Waals surface area contributed by atoms with E-state index in [1.165, 1.54) is 16.9 Å². The Labute approximate surface area is 189 Å². The standard InChI is InChI=1S/C25H34FN3OS/c1-19-7-8-20(16-27-19)24(2,3)29-15-13-25(18-29,12-11-21-9-10-22(26)31-21)17-28-14-5-4-6-23(28)30/h7-10,16H,4-6,11-15,17-18H2,1-3H3. The summed E-state index contributed by atoms with van der Waals surface area (Å²) < 4.78 is 13.5. The number of rotatable bonds is 7. The third-order valence-corrected chi connectivity index (χ3v) is 8.26. The number of hydrogen-bond acceptors (Lipinski definition) is 4. The van der Waals surface area contributed by atoms with Crippen LogP contribution in [0, 0.1) is 17.5 Å². The SMILES string of the molecule is Cc1ccc(C(C)(C)N2CCC(CCc3ccc(F)s3)(CN3CCCCC3=O)C2)cn1. The molecule has 1 amide bonds. The van der Waals surface area contributed by atoms with Crippen molar-refractivity contribution in [3.05, 3.63) is 51.7 Å². The molecule has 4 nitrogen and oxygen atoms in total. The lowest BCUT2D eigenvalue weighted by Crippen LogP contribution is -2.47. The number of nitrogens with zero attached hydrogens (tertiary/aromatic N) is 3. The van der Waals surface area contributed by atoms with Crippen LogP contribution < -0.4 is 0 Å². The summed E-state index contributed by atoms with van der Waals surface area (Å²) in [5, 5.41) is -0.115. The molecule has 0 spiro atoms. The van der Waals surface area contributed by atoms with Crippen LogP contribution in [-0.4, -0.2) is 46.9 Å². The minimum atomic E-state index is -0.122. The van der Waals surface area contributed by atoms with Crippen molar-refractivity contribution < 1.29 is 9.18 Å². The Morgan fingerprint density at radius 1 is 1.19 bits per heavy atom. The fourth-order valence-electron chi connectivity index (χ4n) is 5.15. The van der Waals surface area contributed by atoms with E-state index in [2.05, 4.69) is 40.8 Å². The summed E-state index contributed by atoms with van der Waals surface area (Å²) in [6.07, 6.45) is 7.70. The number of amides is 1. The monoisotopic (exact) mass is 443 g/mol. The van der Waals surface area contributed by atoms with Gasteiger partial charge in [-0.2, -0.15) is 4.39 Å². The number of likely N-dealkylation sites (tertiary alicyclic amines) is 2. The number of carbonyl (C=O) groups excluding carboxylic acids is 1. The van der Waals surface area contributed by atoms with Gasteiger partial charge in [0.2, 0.25) is 5.91 Å². The van der Waals surface area contributed by atoms with Crippen LogP contribution in [-0.2, 0) is 16.8 Å². The first-order valence-electron chi connectivity index (χ1n) is 11.5. The van der Waals surface area contributed by atoms with E-state index in [-0.39, 0.29) is 16.1 Å². The molecular formula is C25H34FN3OS. The molecule has 31 heavy (non-hydrogen) atoms. The number of hydrogen-bond donors (Lipinski definition) is 0. The van der Waals surface area contributed by atoms with Gasteiger partial charge >= 0.3 is 0 Å². The number of aryl methyl sites for hydroxylation is 2. The van der Waals surface area contributed by atoms with E-state index < -0.39 is 0 Å². The van der Waals surface area contributed by atoms with Crippen molar-refractivity contribution in [1.29, 1.82) is 0 Å². The highest BCUT2D eigenvalue weighted by molar-refractivity contribution is 7.10. The van der Waals surface area contributed by atoms with Crippen molar-refractivity contribution in [2.45, 2.75) is 64.8 Å². The van der Waals surface area contributed by atoms with Crippen molar-refractivity contribution in [2.75, 3.05) is 26.2 Å². The van der Waals surface area contributed by atoms with Crippen LogP contribution in [0.25, 0.3) is 0 Å². The second-order valence-corrected chi connectivity index (χ2v) is 11.0. The molecule has 0 saturated carbocycles. The van der Waals surface area contributed by atoms with Crippen molar-refractivity contribution in [2.24, 2.45) is 5.41 Å². The predicted molar refractivity (Wildman–Crippen MR) is 124 cm³/mol. The molecule has 0 N–H and O–H groups in total. The van der Waals surface area contributed by atoms with Gasteiger partial charge < -0.3 is 4.90 Å². The minimum absolute atomic E-state index is 0.0445.